The average Bonchev–Trinajstić information content (AvgIpc) is 3.38. The van der Waals surface area contributed by atoms with E-state index in [1.54, 1.807) is 11.3 Å². The first-order chi connectivity index (χ1) is 15.6. The van der Waals surface area contributed by atoms with Crippen molar-refractivity contribution in [2.75, 3.05) is 10.6 Å². The van der Waals surface area contributed by atoms with Crippen molar-refractivity contribution >= 4 is 38.5 Å². The van der Waals surface area contributed by atoms with Crippen LogP contribution in [0.5, 0.6) is 0 Å². The molecule has 0 saturated heterocycles. The standard InChI is InChI=1S/C26H29N5S/c1-3-18-10-12-22-23(15-18)32-26(29-22)31-24-16-21(14-19-7-5-4-6-8-19)28-25(30-24)27-20-11-9-17(2)13-20/h4-8,10,12,15-17,20H,3,9,11,13-14H2,1-2H3,(H2,27,28,29,30,31)/t17-,20+/m1/s1. The van der Waals surface area contributed by atoms with E-state index in [1.165, 1.54) is 35.1 Å². The second kappa shape index (κ2) is 9.25. The molecule has 2 atom stereocenters. The van der Waals surface area contributed by atoms with Gasteiger partial charge in [0.05, 0.1) is 15.9 Å². The topological polar surface area (TPSA) is 62.7 Å². The Hall–Kier alpha value is -2.99. The van der Waals surface area contributed by atoms with Crippen LogP contribution in [0, 0.1) is 5.92 Å². The Bertz CT molecular complexity index is 1200. The fourth-order valence-corrected chi connectivity index (χ4v) is 5.33. The van der Waals surface area contributed by atoms with E-state index < -0.39 is 0 Å². The van der Waals surface area contributed by atoms with E-state index in [0.29, 0.717) is 12.0 Å². The number of nitrogens with zero attached hydrogens (tertiary/aromatic N) is 3. The van der Waals surface area contributed by atoms with E-state index in [9.17, 15) is 0 Å². The van der Waals surface area contributed by atoms with Crippen LogP contribution < -0.4 is 10.6 Å². The maximum atomic E-state index is 4.85. The van der Waals surface area contributed by atoms with Crippen molar-refractivity contribution in [1.82, 2.24) is 15.0 Å². The summed E-state index contributed by atoms with van der Waals surface area (Å²) in [6, 6.07) is 19.4. The van der Waals surface area contributed by atoms with Gasteiger partial charge >= 0.3 is 0 Å². The monoisotopic (exact) mass is 443 g/mol. The fourth-order valence-electron chi connectivity index (χ4n) is 4.39. The van der Waals surface area contributed by atoms with Gasteiger partial charge in [-0.3, -0.25) is 0 Å². The minimum absolute atomic E-state index is 0.444. The van der Waals surface area contributed by atoms with Gasteiger partial charge < -0.3 is 10.6 Å². The van der Waals surface area contributed by atoms with Crippen molar-refractivity contribution in [3.63, 3.8) is 0 Å². The summed E-state index contributed by atoms with van der Waals surface area (Å²) in [5.41, 5.74) is 4.59. The molecule has 0 unspecified atom stereocenters. The number of benzene rings is 2. The molecule has 1 saturated carbocycles. The molecule has 2 aromatic carbocycles. The first-order valence-corrected chi connectivity index (χ1v) is 12.3. The van der Waals surface area contributed by atoms with Gasteiger partial charge in [-0.1, -0.05) is 61.6 Å². The lowest BCUT2D eigenvalue weighted by molar-refractivity contribution is 0.601. The van der Waals surface area contributed by atoms with Crippen molar-refractivity contribution in [3.8, 4) is 0 Å². The smallest absolute Gasteiger partial charge is 0.225 e. The molecule has 5 nitrogen and oxygen atoms in total. The van der Waals surface area contributed by atoms with Crippen molar-refractivity contribution in [3.05, 3.63) is 71.4 Å². The van der Waals surface area contributed by atoms with Gasteiger partial charge in [0, 0.05) is 18.5 Å². The molecule has 0 amide bonds. The van der Waals surface area contributed by atoms with Crippen molar-refractivity contribution in [2.24, 2.45) is 5.92 Å². The molecule has 6 heteroatoms. The second-order valence-corrected chi connectivity index (χ2v) is 9.82. The molecule has 164 valence electrons. The van der Waals surface area contributed by atoms with Crippen molar-refractivity contribution < 1.29 is 0 Å². The number of anilines is 3. The lowest BCUT2D eigenvalue weighted by Crippen LogP contribution is -2.18. The predicted molar refractivity (Wildman–Crippen MR) is 134 cm³/mol. The van der Waals surface area contributed by atoms with E-state index in [0.717, 1.165) is 40.9 Å². The fraction of sp³-hybridized carbons (Fsp3) is 0.346. The van der Waals surface area contributed by atoms with E-state index in [1.807, 2.05) is 12.1 Å². The molecular weight excluding hydrogens is 414 g/mol. The van der Waals surface area contributed by atoms with Crippen molar-refractivity contribution in [2.45, 2.75) is 52.0 Å². The zero-order valence-corrected chi connectivity index (χ0v) is 19.5. The molecule has 0 bridgehead atoms. The van der Waals surface area contributed by atoms with Gasteiger partial charge in [-0.25, -0.2) is 9.97 Å². The molecule has 0 radical (unpaired) electrons. The van der Waals surface area contributed by atoms with Crippen LogP contribution in [0.4, 0.5) is 16.9 Å². The summed E-state index contributed by atoms with van der Waals surface area (Å²) in [4.78, 5) is 14.4. The Kier molecular flexibility index (Phi) is 6.04. The number of hydrogen-bond acceptors (Lipinski definition) is 6. The zero-order valence-electron chi connectivity index (χ0n) is 18.6. The highest BCUT2D eigenvalue weighted by molar-refractivity contribution is 7.22. The number of aryl methyl sites for hydroxylation is 1. The number of thiazole rings is 1. The summed E-state index contributed by atoms with van der Waals surface area (Å²) in [7, 11) is 0. The molecule has 2 N–H and O–H groups in total. The van der Waals surface area contributed by atoms with Gasteiger partial charge in [0.2, 0.25) is 5.95 Å². The third kappa shape index (κ3) is 4.91. The number of hydrogen-bond donors (Lipinski definition) is 2. The quantitative estimate of drug-likeness (QED) is 0.338. The van der Waals surface area contributed by atoms with Crippen LogP contribution >= 0.6 is 11.3 Å². The van der Waals surface area contributed by atoms with E-state index >= 15 is 0 Å². The number of nitrogens with one attached hydrogen (secondary N) is 2. The molecule has 1 aliphatic rings. The Morgan fingerprint density at radius 2 is 1.84 bits per heavy atom. The van der Waals surface area contributed by atoms with Crippen LogP contribution in [0.15, 0.2) is 54.6 Å². The third-order valence-electron chi connectivity index (χ3n) is 6.13. The Morgan fingerprint density at radius 3 is 2.62 bits per heavy atom. The minimum atomic E-state index is 0.444. The largest absolute Gasteiger partial charge is 0.351 e. The molecule has 1 fully saturated rings. The van der Waals surface area contributed by atoms with Crippen LogP contribution in [0.3, 0.4) is 0 Å². The van der Waals surface area contributed by atoms with Gasteiger partial charge in [-0.2, -0.15) is 4.98 Å². The zero-order chi connectivity index (χ0) is 21.9. The van der Waals surface area contributed by atoms with Gasteiger partial charge in [0.1, 0.15) is 5.82 Å². The maximum Gasteiger partial charge on any atom is 0.225 e. The summed E-state index contributed by atoms with van der Waals surface area (Å²) in [5.74, 6) is 2.25. The summed E-state index contributed by atoms with van der Waals surface area (Å²) in [6.07, 6.45) is 5.41. The molecule has 0 spiro atoms. The van der Waals surface area contributed by atoms with E-state index in [2.05, 4.69) is 66.9 Å². The molecule has 2 aromatic heterocycles. The molecule has 5 rings (SSSR count). The number of aromatic nitrogens is 3. The lowest BCUT2D eigenvalue weighted by Gasteiger charge is -2.15. The van der Waals surface area contributed by atoms with Crippen LogP contribution in [0.1, 0.15) is 49.9 Å². The first-order valence-electron chi connectivity index (χ1n) is 11.5. The van der Waals surface area contributed by atoms with Crippen LogP contribution in [0.2, 0.25) is 0 Å². The Labute approximate surface area is 193 Å². The van der Waals surface area contributed by atoms with Gasteiger partial charge in [0.15, 0.2) is 5.13 Å². The first kappa shape index (κ1) is 20.9. The van der Waals surface area contributed by atoms with E-state index in [-0.39, 0.29) is 0 Å². The van der Waals surface area contributed by atoms with Crippen LogP contribution in [0.25, 0.3) is 10.2 Å². The van der Waals surface area contributed by atoms with E-state index in [4.69, 9.17) is 15.0 Å². The highest BCUT2D eigenvalue weighted by Gasteiger charge is 2.22. The normalized spacial score (nSPS) is 18.2. The average molecular weight is 444 g/mol. The molecule has 2 heterocycles. The van der Waals surface area contributed by atoms with Gasteiger partial charge in [-0.05, 0) is 54.9 Å². The van der Waals surface area contributed by atoms with Gasteiger partial charge in [0.25, 0.3) is 0 Å². The maximum absolute atomic E-state index is 4.85. The molecular formula is C26H29N5S. The third-order valence-corrected chi connectivity index (χ3v) is 7.06. The predicted octanol–water partition coefficient (Wildman–Crippen LogP) is 6.58. The summed E-state index contributed by atoms with van der Waals surface area (Å²) in [5, 5.41) is 7.89. The summed E-state index contributed by atoms with van der Waals surface area (Å²) < 4.78 is 1.20. The summed E-state index contributed by atoms with van der Waals surface area (Å²) >= 11 is 1.67. The Balaban J connectivity index is 1.43. The second-order valence-electron chi connectivity index (χ2n) is 8.79. The van der Waals surface area contributed by atoms with Crippen LogP contribution in [-0.4, -0.2) is 21.0 Å². The molecule has 4 aromatic rings. The number of rotatable bonds is 7. The molecule has 1 aliphatic carbocycles. The molecule has 32 heavy (non-hydrogen) atoms. The SMILES string of the molecule is CCc1ccc2nc(Nc3cc(Cc4ccccc4)nc(N[C@H]4CC[C@@H](C)C4)n3)sc2c1. The highest BCUT2D eigenvalue weighted by Crippen LogP contribution is 2.30. The molecule has 0 aliphatic heterocycles. The lowest BCUT2D eigenvalue weighted by atomic mass is 10.1. The van der Waals surface area contributed by atoms with Crippen LogP contribution in [-0.2, 0) is 12.8 Å². The Morgan fingerprint density at radius 1 is 0.969 bits per heavy atom. The number of fused-ring (bicyclic) bond motifs is 1. The van der Waals surface area contributed by atoms with Gasteiger partial charge in [-0.15, -0.1) is 0 Å². The van der Waals surface area contributed by atoms with Crippen molar-refractivity contribution in [1.29, 1.82) is 0 Å². The summed E-state index contributed by atoms with van der Waals surface area (Å²) in [6.45, 7) is 4.49. The minimum Gasteiger partial charge on any atom is -0.351 e. The highest BCUT2D eigenvalue weighted by atomic mass is 32.1.